The van der Waals surface area contributed by atoms with Gasteiger partial charge in [-0.05, 0) is 34.7 Å². The van der Waals surface area contributed by atoms with E-state index in [-0.39, 0.29) is 0 Å². The lowest BCUT2D eigenvalue weighted by Crippen LogP contribution is -1.90. The first-order valence-corrected chi connectivity index (χ1v) is 4.54. The summed E-state index contributed by atoms with van der Waals surface area (Å²) in [6.07, 6.45) is 1.65. The van der Waals surface area contributed by atoms with Gasteiger partial charge in [-0.2, -0.15) is 0 Å². The van der Waals surface area contributed by atoms with E-state index in [1.54, 1.807) is 18.2 Å². The van der Waals surface area contributed by atoms with Crippen LogP contribution in [0.5, 0.6) is 5.75 Å². The van der Waals surface area contributed by atoms with Crippen molar-refractivity contribution in [1.82, 2.24) is 0 Å². The van der Waals surface area contributed by atoms with E-state index in [0.29, 0.717) is 12.3 Å². The lowest BCUT2D eigenvalue weighted by atomic mass is 10.3. The molecule has 0 amide bonds. The number of benzene rings is 1. The Balaban J connectivity index is 0.000000261. The third-order valence-corrected chi connectivity index (χ3v) is 1.93. The van der Waals surface area contributed by atoms with E-state index in [1.165, 1.54) is 0 Å². The van der Waals surface area contributed by atoms with Crippen molar-refractivity contribution in [1.29, 1.82) is 0 Å². The van der Waals surface area contributed by atoms with Crippen molar-refractivity contribution >= 4 is 22.6 Å². The molecule has 12 heavy (non-hydrogen) atoms. The molecule has 3 heteroatoms. The lowest BCUT2D eigenvalue weighted by Gasteiger charge is -1.90. The van der Waals surface area contributed by atoms with Crippen molar-refractivity contribution in [3.05, 3.63) is 40.5 Å². The summed E-state index contributed by atoms with van der Waals surface area (Å²) in [5.41, 5.74) is 4.91. The third kappa shape index (κ3) is 5.15. The van der Waals surface area contributed by atoms with E-state index < -0.39 is 0 Å². The van der Waals surface area contributed by atoms with Gasteiger partial charge in [-0.15, -0.1) is 6.58 Å². The van der Waals surface area contributed by atoms with Crippen molar-refractivity contribution in [3.63, 3.8) is 0 Å². The number of halogens is 1. The van der Waals surface area contributed by atoms with Gasteiger partial charge in [0.15, 0.2) is 0 Å². The zero-order valence-corrected chi connectivity index (χ0v) is 8.86. The van der Waals surface area contributed by atoms with Gasteiger partial charge in [-0.3, -0.25) is 0 Å². The molecule has 1 rings (SSSR count). The number of nitrogens with two attached hydrogens (primary N) is 1. The van der Waals surface area contributed by atoms with Crippen LogP contribution in [0.2, 0.25) is 0 Å². The van der Waals surface area contributed by atoms with Crippen molar-refractivity contribution in [2.75, 3.05) is 6.54 Å². The van der Waals surface area contributed by atoms with Crippen LogP contribution in [0.15, 0.2) is 36.9 Å². The van der Waals surface area contributed by atoms with Crippen molar-refractivity contribution in [2.45, 2.75) is 0 Å². The number of phenols is 1. The monoisotopic (exact) mass is 277 g/mol. The summed E-state index contributed by atoms with van der Waals surface area (Å²) in [5.74, 6) is 0.355. The summed E-state index contributed by atoms with van der Waals surface area (Å²) in [6, 6.07) is 7.22. The molecular weight excluding hydrogens is 265 g/mol. The van der Waals surface area contributed by atoms with Crippen molar-refractivity contribution < 1.29 is 5.11 Å². The molecule has 0 aromatic heterocycles. The molecule has 0 saturated carbocycles. The Morgan fingerprint density at radius 2 is 2.00 bits per heavy atom. The molecule has 0 atom stereocenters. The van der Waals surface area contributed by atoms with E-state index >= 15 is 0 Å². The Morgan fingerprint density at radius 3 is 2.25 bits per heavy atom. The average molecular weight is 277 g/mol. The number of para-hydroxylation sites is 1. The van der Waals surface area contributed by atoms with Gasteiger partial charge in [0, 0.05) is 6.54 Å². The normalized spacial score (nSPS) is 8.17. The molecule has 2 nitrogen and oxygen atoms in total. The first-order valence-electron chi connectivity index (χ1n) is 3.46. The second kappa shape index (κ2) is 7.12. The number of hydrogen-bond donors (Lipinski definition) is 2. The maximum Gasteiger partial charge on any atom is 0.128 e. The highest BCUT2D eigenvalue weighted by atomic mass is 127. The molecule has 0 heterocycles. The maximum absolute atomic E-state index is 8.91. The van der Waals surface area contributed by atoms with Crippen LogP contribution >= 0.6 is 22.6 Å². The Kier molecular flexibility index (Phi) is 6.79. The lowest BCUT2D eigenvalue weighted by molar-refractivity contribution is 0.471. The molecule has 0 spiro atoms. The summed E-state index contributed by atoms with van der Waals surface area (Å²) in [4.78, 5) is 0. The van der Waals surface area contributed by atoms with E-state index in [2.05, 4.69) is 29.2 Å². The van der Waals surface area contributed by atoms with Gasteiger partial charge in [0.25, 0.3) is 0 Å². The highest BCUT2D eigenvalue weighted by molar-refractivity contribution is 14.1. The fraction of sp³-hybridized carbons (Fsp3) is 0.111. The van der Waals surface area contributed by atoms with E-state index in [4.69, 9.17) is 10.8 Å². The molecule has 1 aromatic rings. The first-order chi connectivity index (χ1) is 5.72. The first kappa shape index (κ1) is 11.4. The van der Waals surface area contributed by atoms with Crippen LogP contribution in [0.3, 0.4) is 0 Å². The Hall–Kier alpha value is -0.550. The number of rotatable bonds is 1. The largest absolute Gasteiger partial charge is 0.507 e. The molecule has 1 aromatic carbocycles. The second-order valence-corrected chi connectivity index (χ2v) is 3.14. The minimum atomic E-state index is 0.355. The van der Waals surface area contributed by atoms with E-state index in [0.717, 1.165) is 3.57 Å². The van der Waals surface area contributed by atoms with Gasteiger partial charge >= 0.3 is 0 Å². The van der Waals surface area contributed by atoms with Crippen LogP contribution in [0.4, 0.5) is 0 Å². The molecule has 66 valence electrons. The zero-order chi connectivity index (χ0) is 9.40. The van der Waals surface area contributed by atoms with Gasteiger partial charge < -0.3 is 10.8 Å². The third-order valence-electron chi connectivity index (χ3n) is 1.02. The summed E-state index contributed by atoms with van der Waals surface area (Å²) in [7, 11) is 0. The predicted molar refractivity (Wildman–Crippen MR) is 60.1 cm³/mol. The van der Waals surface area contributed by atoms with Crippen LogP contribution in [0.1, 0.15) is 0 Å². The molecule has 0 aliphatic rings. The fourth-order valence-corrected chi connectivity index (χ4v) is 0.839. The molecular formula is C9H12INO. The summed E-state index contributed by atoms with van der Waals surface area (Å²) in [5, 5.41) is 8.91. The molecule has 0 bridgehead atoms. The zero-order valence-electron chi connectivity index (χ0n) is 6.70. The van der Waals surface area contributed by atoms with Gasteiger partial charge in [0.1, 0.15) is 5.75 Å². The van der Waals surface area contributed by atoms with Crippen LogP contribution < -0.4 is 5.73 Å². The SMILES string of the molecule is C=CCN.Oc1ccccc1I. The second-order valence-electron chi connectivity index (χ2n) is 1.98. The molecule has 0 unspecified atom stereocenters. The Morgan fingerprint density at radius 1 is 1.50 bits per heavy atom. The van der Waals surface area contributed by atoms with Crippen molar-refractivity contribution in [3.8, 4) is 5.75 Å². The maximum atomic E-state index is 8.91. The summed E-state index contributed by atoms with van der Waals surface area (Å²) >= 11 is 2.07. The predicted octanol–water partition coefficient (Wildman–Crippen LogP) is 2.13. The van der Waals surface area contributed by atoms with Crippen LogP contribution in [-0.2, 0) is 0 Å². The average Bonchev–Trinajstić information content (AvgIpc) is 2.11. The molecule has 0 aliphatic carbocycles. The summed E-state index contributed by atoms with van der Waals surface area (Å²) in [6.45, 7) is 3.94. The van der Waals surface area contributed by atoms with Crippen molar-refractivity contribution in [2.24, 2.45) is 5.73 Å². The molecule has 0 fully saturated rings. The van der Waals surface area contributed by atoms with Gasteiger partial charge in [-0.1, -0.05) is 18.2 Å². The molecule has 0 radical (unpaired) electrons. The smallest absolute Gasteiger partial charge is 0.128 e. The van der Waals surface area contributed by atoms with E-state index in [1.807, 2.05) is 12.1 Å². The van der Waals surface area contributed by atoms with E-state index in [9.17, 15) is 0 Å². The fourth-order valence-electron chi connectivity index (χ4n) is 0.452. The van der Waals surface area contributed by atoms with Crippen LogP contribution in [0, 0.1) is 3.57 Å². The number of hydrogen-bond acceptors (Lipinski definition) is 2. The van der Waals surface area contributed by atoms with Gasteiger partial charge in [0.05, 0.1) is 3.57 Å². The molecule has 3 N–H and O–H groups in total. The highest BCUT2D eigenvalue weighted by Crippen LogP contribution is 2.16. The quantitative estimate of drug-likeness (QED) is 0.610. The summed E-state index contributed by atoms with van der Waals surface area (Å²) < 4.78 is 0.894. The molecule has 0 aliphatic heterocycles. The molecule has 0 saturated heterocycles. The Bertz CT molecular complexity index is 217. The number of phenolic OH excluding ortho intramolecular Hbond substituents is 1. The van der Waals surface area contributed by atoms with Crippen LogP contribution in [-0.4, -0.2) is 11.7 Å². The number of aromatic hydroxyl groups is 1. The van der Waals surface area contributed by atoms with Gasteiger partial charge in [0.2, 0.25) is 0 Å². The minimum absolute atomic E-state index is 0.355. The highest BCUT2D eigenvalue weighted by Gasteiger charge is 1.89. The Labute approximate surface area is 86.2 Å². The minimum Gasteiger partial charge on any atom is -0.507 e. The van der Waals surface area contributed by atoms with Crippen LogP contribution in [0.25, 0.3) is 0 Å². The van der Waals surface area contributed by atoms with Gasteiger partial charge in [-0.25, -0.2) is 0 Å². The topological polar surface area (TPSA) is 46.2 Å². The standard InChI is InChI=1S/C6H5IO.C3H7N/c7-5-3-1-2-4-6(5)8;1-2-3-4/h1-4,8H;2H,1,3-4H2.